The second kappa shape index (κ2) is 2.69. The van der Waals surface area contributed by atoms with E-state index in [4.69, 9.17) is 0 Å². The van der Waals surface area contributed by atoms with Crippen LogP contribution in [0.25, 0.3) is 0 Å². The predicted octanol–water partition coefficient (Wildman–Crippen LogP) is 2.97. The normalized spacial score (nSPS) is 32.2. The van der Waals surface area contributed by atoms with Gasteiger partial charge in [-0.1, -0.05) is 28.1 Å². The Morgan fingerprint density at radius 2 is 1.93 bits per heavy atom. The topological polar surface area (TPSA) is 17.1 Å². The summed E-state index contributed by atoms with van der Waals surface area (Å²) in [5.41, 5.74) is 1.32. The van der Waals surface area contributed by atoms with Crippen LogP contribution in [0.4, 0.5) is 0 Å². The molecule has 0 bridgehead atoms. The monoisotopic (exact) mass is 250 g/mol. The van der Waals surface area contributed by atoms with Gasteiger partial charge < -0.3 is 0 Å². The quantitative estimate of drug-likeness (QED) is 0.807. The SMILES string of the molecule is O=C(Cc1ccc(Br)cc1)C12CC1C2. The second-order valence-corrected chi connectivity index (χ2v) is 5.40. The Balaban J connectivity index is 1.72. The fraction of sp³-hybridized carbons (Fsp3) is 0.417. The summed E-state index contributed by atoms with van der Waals surface area (Å²) in [6, 6.07) is 8.05. The molecule has 1 nitrogen and oxygen atoms in total. The minimum absolute atomic E-state index is 0.174. The molecule has 2 saturated carbocycles. The largest absolute Gasteiger partial charge is 0.299 e. The van der Waals surface area contributed by atoms with Crippen LogP contribution >= 0.6 is 15.9 Å². The van der Waals surface area contributed by atoms with Gasteiger partial charge in [0.2, 0.25) is 0 Å². The standard InChI is InChI=1S/C12H11BrO/c13-10-3-1-8(2-4-10)5-11(14)12-6-9(12)7-12/h1-4,9H,5-7H2. The summed E-state index contributed by atoms with van der Waals surface area (Å²) in [4.78, 5) is 11.8. The van der Waals surface area contributed by atoms with Crippen LogP contribution in [0.3, 0.4) is 0 Å². The average molecular weight is 251 g/mol. The van der Waals surface area contributed by atoms with Crippen LogP contribution in [0, 0.1) is 11.3 Å². The zero-order chi connectivity index (χ0) is 9.76. The molecule has 0 saturated heterocycles. The first-order chi connectivity index (χ1) is 6.71. The molecule has 1 aromatic rings. The van der Waals surface area contributed by atoms with E-state index in [1.165, 1.54) is 12.8 Å². The van der Waals surface area contributed by atoms with Crippen molar-refractivity contribution < 1.29 is 4.79 Å². The van der Waals surface area contributed by atoms with Gasteiger partial charge in [0.15, 0.2) is 0 Å². The van der Waals surface area contributed by atoms with Crippen molar-refractivity contribution in [3.05, 3.63) is 34.3 Å². The number of carbonyl (C=O) groups excluding carboxylic acids is 1. The van der Waals surface area contributed by atoms with Crippen molar-refractivity contribution in [1.29, 1.82) is 0 Å². The lowest BCUT2D eigenvalue weighted by molar-refractivity contribution is -0.121. The Labute approximate surface area is 91.6 Å². The van der Waals surface area contributed by atoms with Gasteiger partial charge in [-0.15, -0.1) is 0 Å². The molecule has 0 unspecified atom stereocenters. The van der Waals surface area contributed by atoms with Crippen LogP contribution in [0.2, 0.25) is 0 Å². The maximum atomic E-state index is 11.8. The Hall–Kier alpha value is -0.630. The van der Waals surface area contributed by atoms with Crippen LogP contribution in [0.5, 0.6) is 0 Å². The lowest BCUT2D eigenvalue weighted by Crippen LogP contribution is -2.10. The zero-order valence-electron chi connectivity index (χ0n) is 7.79. The Morgan fingerprint density at radius 1 is 1.36 bits per heavy atom. The van der Waals surface area contributed by atoms with E-state index >= 15 is 0 Å². The summed E-state index contributed by atoms with van der Waals surface area (Å²) in [6.45, 7) is 0. The highest BCUT2D eigenvalue weighted by molar-refractivity contribution is 9.10. The first kappa shape index (κ1) is 8.66. The number of hydrogen-bond donors (Lipinski definition) is 0. The molecule has 2 aliphatic rings. The van der Waals surface area contributed by atoms with E-state index in [0.717, 1.165) is 16.0 Å². The molecule has 0 aromatic heterocycles. The van der Waals surface area contributed by atoms with Crippen molar-refractivity contribution in [2.75, 3.05) is 0 Å². The summed E-state index contributed by atoms with van der Waals surface area (Å²) in [6.07, 6.45) is 2.97. The van der Waals surface area contributed by atoms with Gasteiger partial charge in [-0.25, -0.2) is 0 Å². The number of ketones is 1. The molecule has 3 rings (SSSR count). The number of hydrogen-bond acceptors (Lipinski definition) is 1. The van der Waals surface area contributed by atoms with Crippen molar-refractivity contribution in [3.63, 3.8) is 0 Å². The van der Waals surface area contributed by atoms with E-state index in [1.807, 2.05) is 24.3 Å². The molecule has 0 spiro atoms. The molecule has 0 amide bonds. The molecule has 14 heavy (non-hydrogen) atoms. The third kappa shape index (κ3) is 1.24. The Bertz CT molecular complexity index is 387. The van der Waals surface area contributed by atoms with Crippen molar-refractivity contribution in [2.24, 2.45) is 11.3 Å². The van der Waals surface area contributed by atoms with E-state index < -0.39 is 0 Å². The number of Topliss-reactive ketones (excluding diaryl/α,β-unsaturated/α-hetero) is 1. The summed E-state index contributed by atoms with van der Waals surface area (Å²) in [5.74, 6) is 1.23. The number of halogens is 1. The molecule has 0 heterocycles. The number of fused-ring (bicyclic) bond motifs is 1. The number of carbonyl (C=O) groups is 1. The van der Waals surface area contributed by atoms with Crippen molar-refractivity contribution in [3.8, 4) is 0 Å². The highest BCUT2D eigenvalue weighted by Crippen LogP contribution is 2.75. The van der Waals surface area contributed by atoms with Crippen LogP contribution in [0.1, 0.15) is 18.4 Å². The minimum atomic E-state index is 0.174. The highest BCUT2D eigenvalue weighted by atomic mass is 79.9. The molecule has 0 radical (unpaired) electrons. The zero-order valence-corrected chi connectivity index (χ0v) is 9.38. The minimum Gasteiger partial charge on any atom is -0.299 e. The molecular weight excluding hydrogens is 240 g/mol. The first-order valence-corrected chi connectivity index (χ1v) is 5.78. The molecule has 1 aromatic carbocycles. The number of benzene rings is 1. The van der Waals surface area contributed by atoms with Crippen LogP contribution in [-0.4, -0.2) is 5.78 Å². The van der Waals surface area contributed by atoms with Gasteiger partial charge >= 0.3 is 0 Å². The second-order valence-electron chi connectivity index (χ2n) is 4.49. The maximum Gasteiger partial charge on any atom is 0.143 e. The van der Waals surface area contributed by atoms with E-state index in [0.29, 0.717) is 12.2 Å². The van der Waals surface area contributed by atoms with Crippen molar-refractivity contribution in [2.45, 2.75) is 19.3 Å². The van der Waals surface area contributed by atoms with Gasteiger partial charge in [-0.2, -0.15) is 0 Å². The summed E-state index contributed by atoms with van der Waals surface area (Å²) < 4.78 is 1.07. The summed E-state index contributed by atoms with van der Waals surface area (Å²) in [7, 11) is 0. The Kier molecular flexibility index (Phi) is 1.67. The van der Waals surface area contributed by atoms with E-state index in [2.05, 4.69) is 15.9 Å². The van der Waals surface area contributed by atoms with Gasteiger partial charge in [-0.05, 0) is 36.5 Å². The smallest absolute Gasteiger partial charge is 0.143 e. The van der Waals surface area contributed by atoms with E-state index in [1.54, 1.807) is 0 Å². The summed E-state index contributed by atoms with van der Waals surface area (Å²) >= 11 is 3.39. The van der Waals surface area contributed by atoms with Gasteiger partial charge in [0, 0.05) is 16.3 Å². The predicted molar refractivity (Wildman–Crippen MR) is 58.0 cm³/mol. The number of rotatable bonds is 3. The molecule has 2 aliphatic carbocycles. The first-order valence-electron chi connectivity index (χ1n) is 4.98. The van der Waals surface area contributed by atoms with E-state index in [-0.39, 0.29) is 5.41 Å². The van der Waals surface area contributed by atoms with Gasteiger partial charge in [0.1, 0.15) is 5.78 Å². The lowest BCUT2D eigenvalue weighted by atomic mass is 10.0. The molecule has 72 valence electrons. The fourth-order valence-electron chi connectivity index (χ4n) is 2.12. The van der Waals surface area contributed by atoms with Crippen molar-refractivity contribution in [1.82, 2.24) is 0 Å². The van der Waals surface area contributed by atoms with Gasteiger partial charge in [-0.3, -0.25) is 4.79 Å². The molecule has 0 atom stereocenters. The average Bonchev–Trinajstić information content (AvgIpc) is 2.95. The molecule has 2 heteroatoms. The van der Waals surface area contributed by atoms with E-state index in [9.17, 15) is 4.79 Å². The maximum absolute atomic E-state index is 11.8. The third-order valence-electron chi connectivity index (χ3n) is 3.52. The van der Waals surface area contributed by atoms with Gasteiger partial charge in [0.25, 0.3) is 0 Å². The fourth-order valence-corrected chi connectivity index (χ4v) is 2.39. The molecule has 0 N–H and O–H groups in total. The molecular formula is C12H11BrO. The van der Waals surface area contributed by atoms with Crippen LogP contribution in [-0.2, 0) is 11.2 Å². The summed E-state index contributed by atoms with van der Waals surface area (Å²) in [5, 5.41) is 0. The Morgan fingerprint density at radius 3 is 2.43 bits per heavy atom. The lowest BCUT2D eigenvalue weighted by Gasteiger charge is -2.03. The third-order valence-corrected chi connectivity index (χ3v) is 4.04. The van der Waals surface area contributed by atoms with Crippen LogP contribution < -0.4 is 0 Å². The highest BCUT2D eigenvalue weighted by Gasteiger charge is 2.73. The van der Waals surface area contributed by atoms with Crippen LogP contribution in [0.15, 0.2) is 28.7 Å². The van der Waals surface area contributed by atoms with Crippen molar-refractivity contribution >= 4 is 21.7 Å². The van der Waals surface area contributed by atoms with Gasteiger partial charge in [0.05, 0.1) is 0 Å². The molecule has 0 aliphatic heterocycles. The molecule has 2 fully saturated rings.